The predicted octanol–water partition coefficient (Wildman–Crippen LogP) is 3.53. The summed E-state index contributed by atoms with van der Waals surface area (Å²) in [6, 6.07) is 11.9. The minimum atomic E-state index is 0. The number of ether oxygens (including phenoxy) is 1. The monoisotopic (exact) mass is 528 g/mol. The molecule has 0 bridgehead atoms. The van der Waals surface area contributed by atoms with E-state index in [0.717, 1.165) is 43.3 Å². The second-order valence-corrected chi connectivity index (χ2v) is 7.96. The quantitative estimate of drug-likeness (QED) is 0.238. The van der Waals surface area contributed by atoms with Crippen LogP contribution in [0.2, 0.25) is 0 Å². The van der Waals surface area contributed by atoms with Gasteiger partial charge in [0.1, 0.15) is 5.75 Å². The molecule has 0 aliphatic carbocycles. The molecular formula is C21H29IN4O2S. The number of halogens is 1. The number of fused-ring (bicyclic) bond motifs is 1. The second kappa shape index (κ2) is 12.0. The lowest BCUT2D eigenvalue weighted by atomic mass is 10.1. The SMILES string of the molecule is CN=C(NCCCN1C(=O)COc2ccccc21)NCC(C)Cc1cccs1.I. The molecule has 2 aromatic rings. The molecule has 6 nitrogen and oxygen atoms in total. The van der Waals surface area contributed by atoms with Gasteiger partial charge >= 0.3 is 0 Å². The van der Waals surface area contributed by atoms with Crippen molar-refractivity contribution in [3.63, 3.8) is 0 Å². The van der Waals surface area contributed by atoms with E-state index >= 15 is 0 Å². The Morgan fingerprint density at radius 1 is 1.28 bits per heavy atom. The zero-order valence-corrected chi connectivity index (χ0v) is 20.0. The van der Waals surface area contributed by atoms with Crippen LogP contribution in [0.4, 0.5) is 5.69 Å². The first-order valence-corrected chi connectivity index (χ1v) is 10.5. The maximum Gasteiger partial charge on any atom is 0.265 e. The first kappa shape index (κ1) is 23.5. The van der Waals surface area contributed by atoms with E-state index in [2.05, 4.69) is 40.1 Å². The van der Waals surface area contributed by atoms with Crippen molar-refractivity contribution in [2.24, 2.45) is 10.9 Å². The Morgan fingerprint density at radius 3 is 2.86 bits per heavy atom. The highest BCUT2D eigenvalue weighted by Gasteiger charge is 2.24. The lowest BCUT2D eigenvalue weighted by molar-refractivity contribution is -0.121. The van der Waals surface area contributed by atoms with Crippen LogP contribution in [0.5, 0.6) is 5.75 Å². The van der Waals surface area contributed by atoms with Crippen LogP contribution < -0.4 is 20.3 Å². The number of hydrogen-bond donors (Lipinski definition) is 2. The van der Waals surface area contributed by atoms with Crippen LogP contribution in [0.25, 0.3) is 0 Å². The number of benzene rings is 1. The molecule has 8 heteroatoms. The number of thiophene rings is 1. The third-order valence-corrected chi connectivity index (χ3v) is 5.53. The van der Waals surface area contributed by atoms with Crippen molar-refractivity contribution in [1.82, 2.24) is 10.6 Å². The van der Waals surface area contributed by atoms with Gasteiger partial charge in [0.15, 0.2) is 12.6 Å². The van der Waals surface area contributed by atoms with Crippen LogP contribution in [0, 0.1) is 5.92 Å². The number of para-hydroxylation sites is 2. The van der Waals surface area contributed by atoms with E-state index in [0.29, 0.717) is 12.5 Å². The molecule has 29 heavy (non-hydrogen) atoms. The Labute approximate surface area is 193 Å². The molecule has 1 aliphatic rings. The number of guanidine groups is 1. The van der Waals surface area contributed by atoms with Crippen molar-refractivity contribution in [3.05, 3.63) is 46.7 Å². The molecular weight excluding hydrogens is 499 g/mol. The van der Waals surface area contributed by atoms with Crippen molar-refractivity contribution >= 4 is 52.9 Å². The Hall–Kier alpha value is -1.81. The summed E-state index contributed by atoms with van der Waals surface area (Å²) < 4.78 is 5.48. The lowest BCUT2D eigenvalue weighted by Gasteiger charge is -2.29. The van der Waals surface area contributed by atoms with E-state index < -0.39 is 0 Å². The van der Waals surface area contributed by atoms with E-state index in [1.54, 1.807) is 23.3 Å². The molecule has 0 spiro atoms. The molecule has 0 saturated carbocycles. The molecule has 0 radical (unpaired) electrons. The fourth-order valence-corrected chi connectivity index (χ4v) is 4.05. The second-order valence-electron chi connectivity index (χ2n) is 6.92. The molecule has 158 valence electrons. The van der Waals surface area contributed by atoms with Gasteiger partial charge in [0.25, 0.3) is 5.91 Å². The molecule has 0 saturated heterocycles. The summed E-state index contributed by atoms with van der Waals surface area (Å²) in [5, 5.41) is 8.84. The summed E-state index contributed by atoms with van der Waals surface area (Å²) in [7, 11) is 1.78. The number of nitrogens with one attached hydrogen (secondary N) is 2. The van der Waals surface area contributed by atoms with E-state index in [9.17, 15) is 4.79 Å². The Morgan fingerprint density at radius 2 is 2.10 bits per heavy atom. The van der Waals surface area contributed by atoms with E-state index in [-0.39, 0.29) is 36.5 Å². The topological polar surface area (TPSA) is 66.0 Å². The fourth-order valence-electron chi connectivity index (χ4n) is 3.18. The fraction of sp³-hybridized carbons (Fsp3) is 0.429. The number of hydrogen-bond acceptors (Lipinski definition) is 4. The number of amides is 1. The van der Waals surface area contributed by atoms with Crippen LogP contribution in [0.15, 0.2) is 46.8 Å². The van der Waals surface area contributed by atoms with Gasteiger partial charge in [-0.15, -0.1) is 35.3 Å². The molecule has 1 amide bonds. The smallest absolute Gasteiger partial charge is 0.265 e. The Bertz CT molecular complexity index is 798. The van der Waals surface area contributed by atoms with Crippen molar-refractivity contribution < 1.29 is 9.53 Å². The van der Waals surface area contributed by atoms with E-state index in [4.69, 9.17) is 4.74 Å². The number of aliphatic imine (C=N–C) groups is 1. The third kappa shape index (κ3) is 6.88. The van der Waals surface area contributed by atoms with Gasteiger partial charge < -0.3 is 20.3 Å². The van der Waals surface area contributed by atoms with Crippen LogP contribution in [0.3, 0.4) is 0 Å². The molecule has 3 rings (SSSR count). The Kier molecular flexibility index (Phi) is 9.72. The molecule has 1 aromatic carbocycles. The van der Waals surface area contributed by atoms with Gasteiger partial charge in [-0.25, -0.2) is 0 Å². The van der Waals surface area contributed by atoms with E-state index in [1.165, 1.54) is 4.88 Å². The normalized spacial score (nSPS) is 14.5. The summed E-state index contributed by atoms with van der Waals surface area (Å²) in [5.41, 5.74) is 0.851. The number of rotatable bonds is 8. The van der Waals surface area contributed by atoms with Crippen LogP contribution in [-0.4, -0.2) is 45.2 Å². The summed E-state index contributed by atoms with van der Waals surface area (Å²) in [6.45, 7) is 4.61. The van der Waals surface area contributed by atoms with Gasteiger partial charge in [-0.1, -0.05) is 25.1 Å². The highest BCUT2D eigenvalue weighted by atomic mass is 127. The number of carbonyl (C=O) groups excluding carboxylic acids is 1. The van der Waals surface area contributed by atoms with Crippen molar-refractivity contribution in [3.8, 4) is 5.75 Å². The van der Waals surface area contributed by atoms with Crippen molar-refractivity contribution in [2.45, 2.75) is 19.8 Å². The van der Waals surface area contributed by atoms with Crippen molar-refractivity contribution in [1.29, 1.82) is 0 Å². The summed E-state index contributed by atoms with van der Waals surface area (Å²) in [6.07, 6.45) is 1.89. The summed E-state index contributed by atoms with van der Waals surface area (Å²) >= 11 is 1.80. The minimum Gasteiger partial charge on any atom is -0.482 e. The number of carbonyl (C=O) groups is 1. The summed E-state index contributed by atoms with van der Waals surface area (Å²) in [5.74, 6) is 2.10. The highest BCUT2D eigenvalue weighted by molar-refractivity contribution is 14.0. The summed E-state index contributed by atoms with van der Waals surface area (Å²) in [4.78, 5) is 19.7. The standard InChI is InChI=1S/C21H28N4O2S.HI/c1-16(13-17-7-5-12-28-17)14-24-21(22-2)23-10-6-11-25-18-8-3-4-9-19(18)27-15-20(25)26;/h3-5,7-9,12,16H,6,10-11,13-15H2,1-2H3,(H2,22,23,24);1H. The number of anilines is 1. The van der Waals surface area contributed by atoms with Crippen LogP contribution >= 0.6 is 35.3 Å². The van der Waals surface area contributed by atoms with Gasteiger partial charge in [0.05, 0.1) is 5.69 Å². The minimum absolute atomic E-state index is 0. The molecule has 1 aromatic heterocycles. The molecule has 1 atom stereocenters. The molecule has 1 unspecified atom stereocenters. The zero-order chi connectivity index (χ0) is 19.8. The van der Waals surface area contributed by atoms with Crippen LogP contribution in [-0.2, 0) is 11.2 Å². The highest BCUT2D eigenvalue weighted by Crippen LogP contribution is 2.31. The van der Waals surface area contributed by atoms with Crippen molar-refractivity contribution in [2.75, 3.05) is 38.2 Å². The van der Waals surface area contributed by atoms with Gasteiger partial charge in [0.2, 0.25) is 0 Å². The average Bonchev–Trinajstić information content (AvgIpc) is 3.21. The first-order chi connectivity index (χ1) is 13.7. The lowest BCUT2D eigenvalue weighted by Crippen LogP contribution is -2.42. The average molecular weight is 528 g/mol. The van der Waals surface area contributed by atoms with Crippen LogP contribution in [0.1, 0.15) is 18.2 Å². The van der Waals surface area contributed by atoms with Gasteiger partial charge in [-0.05, 0) is 42.3 Å². The Balaban J connectivity index is 0.00000300. The van der Waals surface area contributed by atoms with Gasteiger partial charge in [-0.3, -0.25) is 9.79 Å². The molecule has 2 N–H and O–H groups in total. The maximum atomic E-state index is 12.2. The molecule has 1 aliphatic heterocycles. The zero-order valence-electron chi connectivity index (χ0n) is 16.9. The van der Waals surface area contributed by atoms with Gasteiger partial charge in [0, 0.05) is 31.6 Å². The molecule has 0 fully saturated rings. The third-order valence-electron chi connectivity index (χ3n) is 4.63. The van der Waals surface area contributed by atoms with Gasteiger partial charge in [-0.2, -0.15) is 0 Å². The number of nitrogens with zero attached hydrogens (tertiary/aromatic N) is 2. The molecule has 2 heterocycles. The largest absolute Gasteiger partial charge is 0.482 e. The maximum absolute atomic E-state index is 12.2. The predicted molar refractivity (Wildman–Crippen MR) is 131 cm³/mol. The first-order valence-electron chi connectivity index (χ1n) is 9.66. The van der Waals surface area contributed by atoms with E-state index in [1.807, 2.05) is 24.3 Å².